The van der Waals surface area contributed by atoms with Crippen LogP contribution in [-0.4, -0.2) is 33.8 Å². The maximum Gasteiger partial charge on any atom is 0.171 e. The van der Waals surface area contributed by atoms with Gasteiger partial charge in [-0.25, -0.2) is 9.97 Å². The number of aromatic amines is 1. The Hall–Kier alpha value is -2.69. The van der Waals surface area contributed by atoms with Crippen LogP contribution in [0.3, 0.4) is 0 Å². The highest BCUT2D eigenvalue weighted by Crippen LogP contribution is 2.31. The number of aromatic nitrogens is 3. The summed E-state index contributed by atoms with van der Waals surface area (Å²) >= 11 is 0. The molecule has 0 spiro atoms. The van der Waals surface area contributed by atoms with Gasteiger partial charge in [-0.15, -0.1) is 0 Å². The molecule has 2 aromatic heterocycles. The number of benzene rings is 1. The van der Waals surface area contributed by atoms with Gasteiger partial charge in [0.1, 0.15) is 11.3 Å². The van der Waals surface area contributed by atoms with Crippen molar-refractivity contribution in [3.05, 3.63) is 53.9 Å². The van der Waals surface area contributed by atoms with Crippen LogP contribution in [0, 0.1) is 5.41 Å². The fraction of sp³-hybridized carbons (Fsp3) is 0.381. The summed E-state index contributed by atoms with van der Waals surface area (Å²) in [6.45, 7) is 7.66. The minimum absolute atomic E-state index is 0.0822. The molecule has 4 rings (SSSR count). The van der Waals surface area contributed by atoms with Crippen molar-refractivity contribution in [2.24, 2.45) is 5.41 Å². The van der Waals surface area contributed by atoms with Gasteiger partial charge in [0.2, 0.25) is 0 Å². The second-order valence-electron chi connectivity index (χ2n) is 8.05. The monoisotopic (exact) mass is 348 g/mol. The van der Waals surface area contributed by atoms with Gasteiger partial charge in [-0.05, 0) is 12.0 Å². The number of nitrogens with one attached hydrogen (secondary N) is 1. The molecule has 26 heavy (non-hydrogen) atoms. The molecule has 0 saturated carbocycles. The van der Waals surface area contributed by atoms with Gasteiger partial charge in [0.05, 0.1) is 11.8 Å². The number of carbonyl (C=O) groups is 1. The van der Waals surface area contributed by atoms with Crippen LogP contribution in [0.15, 0.2) is 42.7 Å². The molecular weight excluding hydrogens is 324 g/mol. The third kappa shape index (κ3) is 2.98. The lowest BCUT2D eigenvalue weighted by Crippen LogP contribution is -2.22. The van der Waals surface area contributed by atoms with Crippen LogP contribution in [-0.2, 0) is 0 Å². The largest absolute Gasteiger partial charge is 0.355 e. The second kappa shape index (κ2) is 6.24. The Morgan fingerprint density at radius 2 is 2.00 bits per heavy atom. The number of anilines is 1. The number of H-pyrrole nitrogens is 1. The van der Waals surface area contributed by atoms with Crippen molar-refractivity contribution in [3.63, 3.8) is 0 Å². The van der Waals surface area contributed by atoms with E-state index in [1.54, 1.807) is 12.4 Å². The van der Waals surface area contributed by atoms with Gasteiger partial charge < -0.3 is 9.88 Å². The normalized spacial score (nSPS) is 17.8. The zero-order chi connectivity index (χ0) is 18.3. The highest BCUT2D eigenvalue weighted by atomic mass is 16.1. The van der Waals surface area contributed by atoms with Gasteiger partial charge in [-0.2, -0.15) is 0 Å². The van der Waals surface area contributed by atoms with E-state index in [2.05, 4.69) is 45.2 Å². The molecule has 0 aliphatic carbocycles. The first-order chi connectivity index (χ1) is 12.4. The number of rotatable bonds is 3. The molecule has 0 amide bonds. The van der Waals surface area contributed by atoms with Gasteiger partial charge in [0.15, 0.2) is 11.4 Å². The minimum Gasteiger partial charge on any atom is -0.355 e. The van der Waals surface area contributed by atoms with Crippen LogP contribution >= 0.6 is 0 Å². The number of nitrogens with zero attached hydrogens (tertiary/aromatic N) is 3. The van der Waals surface area contributed by atoms with Crippen LogP contribution in [0.25, 0.3) is 11.2 Å². The molecule has 0 bridgehead atoms. The number of ketones is 1. The predicted octanol–water partition coefficient (Wildman–Crippen LogP) is 4.18. The maximum atomic E-state index is 12.7. The molecule has 0 radical (unpaired) electrons. The van der Waals surface area contributed by atoms with E-state index in [-0.39, 0.29) is 5.78 Å². The summed E-state index contributed by atoms with van der Waals surface area (Å²) in [5.41, 5.74) is 2.89. The van der Waals surface area contributed by atoms with Crippen molar-refractivity contribution in [3.8, 4) is 0 Å². The van der Waals surface area contributed by atoms with E-state index in [1.807, 2.05) is 20.8 Å². The van der Waals surface area contributed by atoms with E-state index < -0.39 is 5.41 Å². The molecule has 1 aliphatic rings. The molecule has 3 heterocycles. The van der Waals surface area contributed by atoms with E-state index in [9.17, 15) is 4.79 Å². The smallest absolute Gasteiger partial charge is 0.171 e. The molecule has 1 atom stereocenters. The fourth-order valence-electron chi connectivity index (χ4n) is 3.58. The molecule has 134 valence electrons. The Labute approximate surface area is 153 Å². The highest BCUT2D eigenvalue weighted by molar-refractivity contribution is 6.08. The van der Waals surface area contributed by atoms with E-state index in [1.165, 1.54) is 5.56 Å². The van der Waals surface area contributed by atoms with E-state index >= 15 is 0 Å². The highest BCUT2D eigenvalue weighted by Gasteiger charge is 2.28. The lowest BCUT2D eigenvalue weighted by Gasteiger charge is -2.18. The predicted molar refractivity (Wildman–Crippen MR) is 104 cm³/mol. The number of carbonyl (C=O) groups excluding carboxylic acids is 1. The van der Waals surface area contributed by atoms with Gasteiger partial charge in [0, 0.05) is 30.6 Å². The average Bonchev–Trinajstić information content (AvgIpc) is 3.28. The molecule has 3 aromatic rings. The summed E-state index contributed by atoms with van der Waals surface area (Å²) in [5, 5.41) is 0. The third-order valence-electron chi connectivity index (χ3n) is 5.08. The summed E-state index contributed by atoms with van der Waals surface area (Å²) in [6.07, 6.45) is 4.64. The fourth-order valence-corrected chi connectivity index (χ4v) is 3.58. The van der Waals surface area contributed by atoms with Gasteiger partial charge >= 0.3 is 0 Å². The van der Waals surface area contributed by atoms with Crippen LogP contribution in [0.1, 0.15) is 49.0 Å². The third-order valence-corrected chi connectivity index (χ3v) is 5.08. The number of Topliss-reactive ketones (excluding diaryl/α,β-unsaturated/α-hetero) is 1. The summed E-state index contributed by atoms with van der Waals surface area (Å²) in [4.78, 5) is 27.3. The van der Waals surface area contributed by atoms with Crippen molar-refractivity contribution in [1.29, 1.82) is 0 Å². The second-order valence-corrected chi connectivity index (χ2v) is 8.05. The van der Waals surface area contributed by atoms with Crippen molar-refractivity contribution >= 4 is 22.8 Å². The standard InChI is InChI=1S/C21H24N4O/c1-21(2,3)19(26)16-11-22-20-18(16)24-17(12-23-20)25-10-9-15(13-25)14-7-5-4-6-8-14/h4-8,11-12,15H,9-10,13H2,1-3H3,(H,22,23). The molecule has 1 aliphatic heterocycles. The van der Waals surface area contributed by atoms with Gasteiger partial charge in [0.25, 0.3) is 0 Å². The molecule has 1 unspecified atom stereocenters. The van der Waals surface area contributed by atoms with Crippen LogP contribution in [0.2, 0.25) is 0 Å². The number of hydrogen-bond donors (Lipinski definition) is 1. The molecule has 1 aromatic carbocycles. The first kappa shape index (κ1) is 16.8. The first-order valence-corrected chi connectivity index (χ1v) is 9.12. The Bertz CT molecular complexity index is 940. The molecule has 1 saturated heterocycles. The molecule has 5 heteroatoms. The molecule has 5 nitrogen and oxygen atoms in total. The van der Waals surface area contributed by atoms with Gasteiger partial charge in [-0.3, -0.25) is 4.79 Å². The van der Waals surface area contributed by atoms with Crippen LogP contribution in [0.5, 0.6) is 0 Å². The quantitative estimate of drug-likeness (QED) is 0.721. The first-order valence-electron chi connectivity index (χ1n) is 9.12. The lowest BCUT2D eigenvalue weighted by molar-refractivity contribution is 0.0860. The topological polar surface area (TPSA) is 61.9 Å². The average molecular weight is 348 g/mol. The zero-order valence-corrected chi connectivity index (χ0v) is 15.5. The van der Waals surface area contributed by atoms with Crippen molar-refractivity contribution in [1.82, 2.24) is 15.0 Å². The molecular formula is C21H24N4O. The summed E-state index contributed by atoms with van der Waals surface area (Å²) in [5.74, 6) is 1.44. The minimum atomic E-state index is -0.446. The number of fused-ring (bicyclic) bond motifs is 1. The van der Waals surface area contributed by atoms with Gasteiger partial charge in [-0.1, -0.05) is 51.1 Å². The van der Waals surface area contributed by atoms with Crippen molar-refractivity contribution in [2.45, 2.75) is 33.1 Å². The Balaban J connectivity index is 1.63. The van der Waals surface area contributed by atoms with Crippen LogP contribution < -0.4 is 4.90 Å². The van der Waals surface area contributed by atoms with E-state index in [4.69, 9.17) is 4.98 Å². The maximum absolute atomic E-state index is 12.7. The van der Waals surface area contributed by atoms with Crippen molar-refractivity contribution in [2.75, 3.05) is 18.0 Å². The Morgan fingerprint density at radius 3 is 2.73 bits per heavy atom. The molecule has 1 N–H and O–H groups in total. The van der Waals surface area contributed by atoms with Crippen LogP contribution in [0.4, 0.5) is 5.82 Å². The Kier molecular flexibility index (Phi) is 4.02. The molecule has 1 fully saturated rings. The van der Waals surface area contributed by atoms with E-state index in [0.29, 0.717) is 22.6 Å². The Morgan fingerprint density at radius 1 is 1.23 bits per heavy atom. The number of hydrogen-bond acceptors (Lipinski definition) is 4. The SMILES string of the molecule is CC(C)(C)C(=O)c1c[nH]c2ncc(N3CCC(c4ccccc4)C3)nc12. The van der Waals surface area contributed by atoms with Crippen molar-refractivity contribution < 1.29 is 4.79 Å². The summed E-state index contributed by atoms with van der Waals surface area (Å²) in [6, 6.07) is 10.6. The lowest BCUT2D eigenvalue weighted by atomic mass is 9.87. The zero-order valence-electron chi connectivity index (χ0n) is 15.5. The summed E-state index contributed by atoms with van der Waals surface area (Å²) < 4.78 is 0. The van der Waals surface area contributed by atoms with E-state index in [0.717, 1.165) is 25.3 Å². The summed E-state index contributed by atoms with van der Waals surface area (Å²) in [7, 11) is 0.